The maximum atomic E-state index is 13.6. The second-order valence-electron chi connectivity index (χ2n) is 10.0. The van der Waals surface area contributed by atoms with Gasteiger partial charge in [-0.2, -0.15) is 0 Å². The average Bonchev–Trinajstić information content (AvgIpc) is 2.90. The van der Waals surface area contributed by atoms with E-state index < -0.39 is 6.04 Å². The second kappa shape index (κ2) is 10.0. The van der Waals surface area contributed by atoms with E-state index in [1.807, 2.05) is 91.0 Å². The Bertz CT molecular complexity index is 1150. The van der Waals surface area contributed by atoms with Gasteiger partial charge in [0, 0.05) is 30.0 Å². The summed E-state index contributed by atoms with van der Waals surface area (Å²) >= 11 is 0. The number of hydrogen-bond donors (Lipinski definition) is 1. The van der Waals surface area contributed by atoms with Crippen LogP contribution in [-0.2, 0) is 9.53 Å². The first kappa shape index (κ1) is 23.3. The number of piperidine rings is 3. The van der Waals surface area contributed by atoms with Gasteiger partial charge in [0.1, 0.15) is 13.1 Å². The molecule has 0 aromatic heterocycles. The summed E-state index contributed by atoms with van der Waals surface area (Å²) in [6.07, 6.45) is 1.77. The van der Waals surface area contributed by atoms with Crippen molar-refractivity contribution in [3.63, 3.8) is 0 Å². The van der Waals surface area contributed by atoms with Gasteiger partial charge in [0.2, 0.25) is 5.78 Å². The average molecular weight is 470 g/mol. The summed E-state index contributed by atoms with van der Waals surface area (Å²) in [4.78, 5) is 26.7. The molecule has 35 heavy (non-hydrogen) atoms. The van der Waals surface area contributed by atoms with Gasteiger partial charge in [-0.05, 0) is 24.6 Å². The number of ether oxygens (including phenoxy) is 1. The number of rotatable bonds is 8. The highest BCUT2D eigenvalue weighted by Gasteiger charge is 2.52. The number of quaternary nitrogens is 1. The van der Waals surface area contributed by atoms with E-state index in [0.29, 0.717) is 29.5 Å². The Balaban J connectivity index is 1.33. The van der Waals surface area contributed by atoms with Crippen molar-refractivity contribution in [2.24, 2.45) is 5.92 Å². The molecule has 3 aliphatic heterocycles. The van der Waals surface area contributed by atoms with E-state index in [1.165, 1.54) is 0 Å². The zero-order valence-electron chi connectivity index (χ0n) is 20.2. The van der Waals surface area contributed by atoms with Gasteiger partial charge in [-0.15, -0.1) is 0 Å². The molecule has 0 radical (unpaired) electrons. The van der Waals surface area contributed by atoms with Crippen molar-refractivity contribution in [2.45, 2.75) is 38.0 Å². The smallest absolute Gasteiger partial charge is 0.333 e. The van der Waals surface area contributed by atoms with Gasteiger partial charge in [-0.25, -0.2) is 4.79 Å². The van der Waals surface area contributed by atoms with Crippen LogP contribution in [0, 0.1) is 5.92 Å². The molecule has 5 unspecified atom stereocenters. The molecule has 3 aromatic carbocycles. The van der Waals surface area contributed by atoms with Crippen LogP contribution in [0.3, 0.4) is 0 Å². The molecule has 0 spiro atoms. The molecule has 5 atom stereocenters. The Labute approximate surface area is 207 Å². The summed E-state index contributed by atoms with van der Waals surface area (Å²) in [6, 6.07) is 28.8. The number of nitrogens with zero attached hydrogens (tertiary/aromatic N) is 1. The zero-order valence-corrected chi connectivity index (χ0v) is 20.2. The Morgan fingerprint density at radius 2 is 1.57 bits per heavy atom. The van der Waals surface area contributed by atoms with E-state index in [0.717, 1.165) is 36.2 Å². The number of para-hydroxylation sites is 1. The molecule has 6 rings (SSSR count). The molecule has 3 fully saturated rings. The predicted molar refractivity (Wildman–Crippen MR) is 137 cm³/mol. The topological polar surface area (TPSA) is 55.4 Å². The van der Waals surface area contributed by atoms with E-state index in [9.17, 15) is 9.59 Å². The van der Waals surface area contributed by atoms with E-state index in [1.54, 1.807) is 0 Å². The lowest BCUT2D eigenvalue weighted by Gasteiger charge is -2.55. The third-order valence-electron chi connectivity index (χ3n) is 7.87. The van der Waals surface area contributed by atoms with Crippen molar-refractivity contribution >= 4 is 17.4 Å². The van der Waals surface area contributed by atoms with Crippen LogP contribution >= 0.6 is 0 Å². The van der Waals surface area contributed by atoms with E-state index in [-0.39, 0.29) is 17.9 Å². The molecule has 5 nitrogen and oxygen atoms in total. The number of benzene rings is 3. The maximum absolute atomic E-state index is 13.6. The highest BCUT2D eigenvalue weighted by molar-refractivity contribution is 5.97. The largest absolute Gasteiger partial charge is 0.454 e. The van der Waals surface area contributed by atoms with E-state index in [4.69, 9.17) is 4.74 Å². The fourth-order valence-corrected chi connectivity index (χ4v) is 5.82. The number of nitrogens with one attached hydrogen (secondary N) is 1. The summed E-state index contributed by atoms with van der Waals surface area (Å²) in [6.45, 7) is 4.36. The minimum atomic E-state index is -0.592. The Hall–Kier alpha value is -3.44. The molecule has 3 heterocycles. The van der Waals surface area contributed by atoms with Gasteiger partial charge >= 0.3 is 5.97 Å². The fraction of sp³-hybridized carbons (Fsp3) is 0.333. The molecule has 1 N–H and O–H groups in total. The van der Waals surface area contributed by atoms with Gasteiger partial charge in [0.25, 0.3) is 0 Å². The minimum Gasteiger partial charge on any atom is -0.454 e. The summed E-state index contributed by atoms with van der Waals surface area (Å²) < 4.78 is 6.95. The fourth-order valence-electron chi connectivity index (χ4n) is 5.82. The van der Waals surface area contributed by atoms with Gasteiger partial charge < -0.3 is 14.5 Å². The van der Waals surface area contributed by atoms with Gasteiger partial charge in [0.05, 0.1) is 12.6 Å². The number of carbonyl (C=O) groups is 2. The zero-order chi connectivity index (χ0) is 24.3. The van der Waals surface area contributed by atoms with Crippen LogP contribution in [0.15, 0.2) is 91.0 Å². The number of ketones is 1. The molecule has 3 aliphatic rings. The molecule has 3 saturated heterocycles. The maximum Gasteiger partial charge on any atom is 0.333 e. The minimum absolute atomic E-state index is 0.163. The quantitative estimate of drug-likeness (QED) is 0.278. The molecule has 2 bridgehead atoms. The van der Waals surface area contributed by atoms with E-state index >= 15 is 0 Å². The molecule has 5 heteroatoms. The van der Waals surface area contributed by atoms with Crippen molar-refractivity contribution in [1.82, 2.24) is 0 Å². The van der Waals surface area contributed by atoms with Crippen LogP contribution < -0.4 is 5.32 Å². The summed E-state index contributed by atoms with van der Waals surface area (Å²) in [7, 11) is 0. The lowest BCUT2D eigenvalue weighted by atomic mass is 9.78. The van der Waals surface area contributed by atoms with Gasteiger partial charge in [-0.3, -0.25) is 4.79 Å². The van der Waals surface area contributed by atoms with Crippen molar-refractivity contribution < 1.29 is 18.8 Å². The molecule has 180 valence electrons. The highest BCUT2D eigenvalue weighted by atomic mass is 16.5. The summed E-state index contributed by atoms with van der Waals surface area (Å²) in [5, 5.41) is 3.37. The highest BCUT2D eigenvalue weighted by Crippen LogP contribution is 2.40. The first-order valence-corrected chi connectivity index (χ1v) is 12.6. The van der Waals surface area contributed by atoms with Crippen LogP contribution in [-0.4, -0.2) is 48.0 Å². The normalized spacial score (nSPS) is 26.0. The number of anilines is 1. The third-order valence-corrected chi connectivity index (χ3v) is 7.87. The van der Waals surface area contributed by atoms with Crippen molar-refractivity contribution in [2.75, 3.05) is 25.0 Å². The number of esters is 1. The number of fused-ring (bicyclic) bond motifs is 3. The first-order chi connectivity index (χ1) is 17.0. The predicted octanol–water partition coefficient (Wildman–Crippen LogP) is 5.26. The third kappa shape index (κ3) is 5.01. The lowest BCUT2D eigenvalue weighted by Crippen LogP contribution is -2.69. The standard InChI is InChI=1S/C30H33N2O3/c1-22-19-25-17-18-32(22,20-27(33)23-11-5-2-6-12-23)21-28(25)35-30(34)29(24-13-7-3-8-14-24)31-26-15-9-4-10-16-26/h2-16,22,25,28-29,31H,17-21H2,1H3/q+1. The SMILES string of the molecule is CC1CC2CC[N+]1(CC(=O)c1ccccc1)CC2OC(=O)C(Nc1ccccc1)c1ccccc1. The summed E-state index contributed by atoms with van der Waals surface area (Å²) in [5.74, 6) is 0.240. The van der Waals surface area contributed by atoms with Crippen LogP contribution in [0.4, 0.5) is 5.69 Å². The van der Waals surface area contributed by atoms with Crippen LogP contribution in [0.2, 0.25) is 0 Å². The number of Topliss-reactive ketones (excluding diaryl/α,β-unsaturated/α-hetero) is 1. The van der Waals surface area contributed by atoms with Gasteiger partial charge in [-0.1, -0.05) is 78.9 Å². The number of carbonyl (C=O) groups excluding carboxylic acids is 2. The molecule has 0 saturated carbocycles. The Morgan fingerprint density at radius 1 is 0.943 bits per heavy atom. The Kier molecular flexibility index (Phi) is 6.69. The Morgan fingerprint density at radius 3 is 2.23 bits per heavy atom. The van der Waals surface area contributed by atoms with Crippen LogP contribution in [0.5, 0.6) is 0 Å². The molecule has 0 amide bonds. The van der Waals surface area contributed by atoms with Gasteiger partial charge in [0.15, 0.2) is 12.1 Å². The van der Waals surface area contributed by atoms with Crippen molar-refractivity contribution in [3.8, 4) is 0 Å². The molecular weight excluding hydrogens is 436 g/mol. The first-order valence-electron chi connectivity index (χ1n) is 12.6. The van der Waals surface area contributed by atoms with Crippen molar-refractivity contribution in [3.05, 3.63) is 102 Å². The van der Waals surface area contributed by atoms with Crippen molar-refractivity contribution in [1.29, 1.82) is 0 Å². The molecule has 0 aliphatic carbocycles. The molecular formula is C30H33N2O3+. The van der Waals surface area contributed by atoms with Crippen LogP contribution in [0.25, 0.3) is 0 Å². The molecule has 3 aromatic rings. The number of hydrogen-bond acceptors (Lipinski definition) is 4. The monoisotopic (exact) mass is 469 g/mol. The summed E-state index contributed by atoms with van der Waals surface area (Å²) in [5.41, 5.74) is 2.50. The van der Waals surface area contributed by atoms with Crippen LogP contribution in [0.1, 0.15) is 41.7 Å². The lowest BCUT2D eigenvalue weighted by molar-refractivity contribution is -0.960. The van der Waals surface area contributed by atoms with E-state index in [2.05, 4.69) is 12.2 Å². The second-order valence-corrected chi connectivity index (χ2v) is 10.0.